The molecule has 0 fully saturated rings. The standard InChI is InChI=1S/C16H21N3O5S/c1-23-10-9-17-15(22)11-3-5-12(6-4-11)18-16(25)19-13(20)7-8-14(21)24-2/h3-6H,7-10H2,1-2H3,(H,17,22)(H2,18,19,20,25). The number of hydrogen-bond donors (Lipinski definition) is 3. The van der Waals surface area contributed by atoms with Gasteiger partial charge in [-0.15, -0.1) is 0 Å². The summed E-state index contributed by atoms with van der Waals surface area (Å²) in [6, 6.07) is 6.59. The number of anilines is 1. The van der Waals surface area contributed by atoms with Crippen LogP contribution in [0.15, 0.2) is 24.3 Å². The van der Waals surface area contributed by atoms with Crippen molar-refractivity contribution >= 4 is 40.8 Å². The maximum absolute atomic E-state index is 11.8. The van der Waals surface area contributed by atoms with E-state index in [-0.39, 0.29) is 23.9 Å². The predicted molar refractivity (Wildman–Crippen MR) is 96.3 cm³/mol. The van der Waals surface area contributed by atoms with Crippen molar-refractivity contribution in [1.82, 2.24) is 10.6 Å². The Hall–Kier alpha value is -2.52. The van der Waals surface area contributed by atoms with E-state index in [0.29, 0.717) is 24.4 Å². The van der Waals surface area contributed by atoms with Gasteiger partial charge < -0.3 is 25.4 Å². The number of carbonyl (C=O) groups excluding carboxylic acids is 3. The molecule has 0 radical (unpaired) electrons. The van der Waals surface area contributed by atoms with E-state index in [1.165, 1.54) is 7.11 Å². The molecule has 0 atom stereocenters. The van der Waals surface area contributed by atoms with Crippen LogP contribution in [0.4, 0.5) is 5.69 Å². The number of amides is 2. The third kappa shape index (κ3) is 8.23. The van der Waals surface area contributed by atoms with Crippen LogP contribution in [0.1, 0.15) is 23.2 Å². The normalized spacial score (nSPS) is 9.84. The van der Waals surface area contributed by atoms with Crippen molar-refractivity contribution in [3.8, 4) is 0 Å². The van der Waals surface area contributed by atoms with Gasteiger partial charge in [0.15, 0.2) is 5.11 Å². The van der Waals surface area contributed by atoms with E-state index in [4.69, 9.17) is 17.0 Å². The molecular formula is C16H21N3O5S. The van der Waals surface area contributed by atoms with E-state index < -0.39 is 11.9 Å². The Morgan fingerprint density at radius 3 is 2.36 bits per heavy atom. The minimum absolute atomic E-state index is 0.0160. The number of benzene rings is 1. The second-order valence-corrected chi connectivity index (χ2v) is 5.31. The first kappa shape index (κ1) is 20.5. The van der Waals surface area contributed by atoms with Gasteiger partial charge in [-0.3, -0.25) is 14.4 Å². The molecule has 2 amide bonds. The number of methoxy groups -OCH3 is 2. The van der Waals surface area contributed by atoms with Crippen LogP contribution in [0.5, 0.6) is 0 Å². The van der Waals surface area contributed by atoms with Crippen molar-refractivity contribution in [2.24, 2.45) is 0 Å². The molecule has 0 aliphatic rings. The summed E-state index contributed by atoms with van der Waals surface area (Å²) in [6.45, 7) is 0.867. The molecule has 1 rings (SSSR count). The number of esters is 1. The van der Waals surface area contributed by atoms with Gasteiger partial charge in [-0.25, -0.2) is 0 Å². The Bertz CT molecular complexity index is 619. The molecular weight excluding hydrogens is 346 g/mol. The van der Waals surface area contributed by atoms with Gasteiger partial charge in [0.1, 0.15) is 0 Å². The van der Waals surface area contributed by atoms with Crippen LogP contribution >= 0.6 is 12.2 Å². The molecule has 9 heteroatoms. The van der Waals surface area contributed by atoms with Gasteiger partial charge in [-0.2, -0.15) is 0 Å². The zero-order chi connectivity index (χ0) is 18.7. The highest BCUT2D eigenvalue weighted by Gasteiger charge is 2.09. The summed E-state index contributed by atoms with van der Waals surface area (Å²) in [5.41, 5.74) is 1.11. The smallest absolute Gasteiger partial charge is 0.306 e. The van der Waals surface area contributed by atoms with Crippen LogP contribution < -0.4 is 16.0 Å². The number of carbonyl (C=O) groups is 3. The summed E-state index contributed by atoms with van der Waals surface area (Å²) in [5, 5.41) is 8.10. The van der Waals surface area contributed by atoms with Gasteiger partial charge in [-0.1, -0.05) is 0 Å². The van der Waals surface area contributed by atoms with Crippen LogP contribution in [0.3, 0.4) is 0 Å². The maximum Gasteiger partial charge on any atom is 0.306 e. The summed E-state index contributed by atoms with van der Waals surface area (Å²) in [4.78, 5) is 34.4. The van der Waals surface area contributed by atoms with Crippen molar-refractivity contribution < 1.29 is 23.9 Å². The number of ether oxygens (including phenoxy) is 2. The highest BCUT2D eigenvalue weighted by molar-refractivity contribution is 7.80. The summed E-state index contributed by atoms with van der Waals surface area (Å²) in [7, 11) is 2.82. The molecule has 0 spiro atoms. The Labute approximate surface area is 151 Å². The minimum atomic E-state index is -0.464. The first-order valence-electron chi connectivity index (χ1n) is 7.51. The summed E-state index contributed by atoms with van der Waals surface area (Å²) in [6.07, 6.45) is -0.0348. The van der Waals surface area contributed by atoms with Gasteiger partial charge in [0.25, 0.3) is 5.91 Å². The summed E-state index contributed by atoms with van der Waals surface area (Å²) < 4.78 is 9.32. The molecule has 0 bridgehead atoms. The summed E-state index contributed by atoms with van der Waals surface area (Å²) >= 11 is 5.02. The van der Waals surface area contributed by atoms with Crippen LogP contribution in [-0.4, -0.2) is 50.3 Å². The molecule has 1 aromatic rings. The van der Waals surface area contributed by atoms with Crippen LogP contribution in [0.2, 0.25) is 0 Å². The molecule has 0 saturated carbocycles. The second-order valence-electron chi connectivity index (χ2n) is 4.90. The second kappa shape index (κ2) is 11.1. The van der Waals surface area contributed by atoms with E-state index in [1.807, 2.05) is 0 Å². The maximum atomic E-state index is 11.8. The molecule has 0 aromatic heterocycles. The number of nitrogens with one attached hydrogen (secondary N) is 3. The fourth-order valence-corrected chi connectivity index (χ4v) is 1.97. The fourth-order valence-electron chi connectivity index (χ4n) is 1.74. The first-order chi connectivity index (χ1) is 12.0. The highest BCUT2D eigenvalue weighted by Crippen LogP contribution is 2.09. The van der Waals surface area contributed by atoms with Crippen molar-refractivity contribution in [2.45, 2.75) is 12.8 Å². The van der Waals surface area contributed by atoms with Crippen molar-refractivity contribution in [1.29, 1.82) is 0 Å². The van der Waals surface area contributed by atoms with Gasteiger partial charge in [-0.05, 0) is 36.5 Å². The molecule has 3 N–H and O–H groups in total. The van der Waals surface area contributed by atoms with Gasteiger partial charge in [0, 0.05) is 31.3 Å². The topological polar surface area (TPSA) is 106 Å². The predicted octanol–water partition coefficient (Wildman–Crippen LogP) is 0.829. The lowest BCUT2D eigenvalue weighted by molar-refractivity contribution is -0.142. The van der Waals surface area contributed by atoms with Crippen molar-refractivity contribution in [2.75, 3.05) is 32.7 Å². The number of rotatable bonds is 8. The van der Waals surface area contributed by atoms with Crippen LogP contribution in [-0.2, 0) is 19.1 Å². The van der Waals surface area contributed by atoms with E-state index in [0.717, 1.165) is 0 Å². The number of hydrogen-bond acceptors (Lipinski definition) is 6. The van der Waals surface area contributed by atoms with Crippen molar-refractivity contribution in [3.05, 3.63) is 29.8 Å². The highest BCUT2D eigenvalue weighted by atomic mass is 32.1. The Balaban J connectivity index is 2.43. The molecule has 0 saturated heterocycles. The van der Waals surface area contributed by atoms with Gasteiger partial charge >= 0.3 is 5.97 Å². The monoisotopic (exact) mass is 367 g/mol. The molecule has 8 nitrogen and oxygen atoms in total. The molecule has 0 unspecified atom stereocenters. The molecule has 25 heavy (non-hydrogen) atoms. The van der Waals surface area contributed by atoms with Crippen molar-refractivity contribution in [3.63, 3.8) is 0 Å². The Morgan fingerprint density at radius 2 is 1.76 bits per heavy atom. The average Bonchev–Trinajstić information content (AvgIpc) is 2.60. The summed E-state index contributed by atoms with van der Waals surface area (Å²) in [5.74, 6) is -1.06. The average molecular weight is 367 g/mol. The van der Waals surface area contributed by atoms with E-state index in [1.54, 1.807) is 31.4 Å². The molecule has 1 aromatic carbocycles. The fraction of sp³-hybridized carbons (Fsp3) is 0.375. The quantitative estimate of drug-likeness (QED) is 0.355. The lowest BCUT2D eigenvalue weighted by Gasteiger charge is -2.10. The lowest BCUT2D eigenvalue weighted by atomic mass is 10.2. The largest absolute Gasteiger partial charge is 0.469 e. The van der Waals surface area contributed by atoms with E-state index in [9.17, 15) is 14.4 Å². The van der Waals surface area contributed by atoms with Gasteiger partial charge in [0.05, 0.1) is 20.1 Å². The lowest BCUT2D eigenvalue weighted by Crippen LogP contribution is -2.34. The van der Waals surface area contributed by atoms with Crippen LogP contribution in [0, 0.1) is 0 Å². The third-order valence-electron chi connectivity index (χ3n) is 3.03. The third-order valence-corrected chi connectivity index (χ3v) is 3.24. The molecule has 0 aliphatic heterocycles. The van der Waals surface area contributed by atoms with Crippen LogP contribution in [0.25, 0.3) is 0 Å². The molecule has 0 heterocycles. The number of thiocarbonyl (C=S) groups is 1. The molecule has 136 valence electrons. The zero-order valence-electron chi connectivity index (χ0n) is 14.1. The van der Waals surface area contributed by atoms with Gasteiger partial charge in [0.2, 0.25) is 5.91 Å². The van der Waals surface area contributed by atoms with E-state index >= 15 is 0 Å². The first-order valence-corrected chi connectivity index (χ1v) is 7.92. The zero-order valence-corrected chi connectivity index (χ0v) is 14.9. The SMILES string of the molecule is COCCNC(=O)c1ccc(NC(=S)NC(=O)CCC(=O)OC)cc1. The minimum Gasteiger partial charge on any atom is -0.469 e. The Morgan fingerprint density at radius 1 is 1.08 bits per heavy atom. The van der Waals surface area contributed by atoms with E-state index in [2.05, 4.69) is 20.7 Å². The Kier molecular flexibility index (Phi) is 9.12. The molecule has 0 aliphatic carbocycles.